The first-order valence-electron chi connectivity index (χ1n) is 5.11. The molecule has 0 saturated carbocycles. The van der Waals surface area contributed by atoms with E-state index in [1.807, 2.05) is 13.8 Å². The van der Waals surface area contributed by atoms with Gasteiger partial charge in [0.2, 0.25) is 5.69 Å². The lowest BCUT2D eigenvalue weighted by Crippen LogP contribution is -2.32. The lowest BCUT2D eigenvalue weighted by molar-refractivity contribution is -0.613. The third-order valence-corrected chi connectivity index (χ3v) is 2.66. The molecule has 1 aromatic rings. The van der Waals surface area contributed by atoms with E-state index in [4.69, 9.17) is 21.1 Å². The van der Waals surface area contributed by atoms with Gasteiger partial charge in [0, 0.05) is 19.6 Å². The van der Waals surface area contributed by atoms with Crippen LogP contribution in [0.4, 0.5) is 0 Å². The molecule has 16 heavy (non-hydrogen) atoms. The molecule has 0 spiro atoms. The van der Waals surface area contributed by atoms with Crippen molar-refractivity contribution >= 4 is 11.6 Å². The lowest BCUT2D eigenvalue weighted by atomic mass is 10.2. The van der Waals surface area contributed by atoms with Crippen LogP contribution in [0.15, 0.2) is 12.3 Å². The molecule has 0 saturated heterocycles. The second-order valence-electron chi connectivity index (χ2n) is 3.40. The van der Waals surface area contributed by atoms with Crippen molar-refractivity contribution in [2.24, 2.45) is 0 Å². The Hall–Kier alpha value is -1.00. The molecule has 1 atom stereocenters. The zero-order chi connectivity index (χ0) is 12.1. The molecule has 0 aromatic carbocycles. The predicted octanol–water partition coefficient (Wildman–Crippen LogP) is 2.13. The van der Waals surface area contributed by atoms with Crippen LogP contribution in [-0.2, 0) is 10.6 Å². The van der Waals surface area contributed by atoms with Gasteiger partial charge < -0.3 is 14.7 Å². The second-order valence-corrected chi connectivity index (χ2v) is 3.67. The fourth-order valence-electron chi connectivity index (χ4n) is 1.38. The smallest absolute Gasteiger partial charge is 0.214 e. The fraction of sp³-hybridized carbons (Fsp3) is 0.545. The zero-order valence-corrected chi connectivity index (χ0v) is 10.5. The Balaban J connectivity index is 2.97. The highest BCUT2D eigenvalue weighted by molar-refractivity contribution is 6.16. The van der Waals surface area contributed by atoms with Crippen LogP contribution in [0, 0.1) is 12.1 Å². The quantitative estimate of drug-likeness (QED) is 0.346. The van der Waals surface area contributed by atoms with Crippen LogP contribution in [0.1, 0.15) is 24.6 Å². The van der Waals surface area contributed by atoms with Gasteiger partial charge in [-0.25, -0.2) is 0 Å². The normalized spacial score (nSPS) is 12.5. The molecule has 0 fully saturated rings. The molecule has 1 rings (SSSR count). The van der Waals surface area contributed by atoms with Gasteiger partial charge >= 0.3 is 0 Å². The second kappa shape index (κ2) is 5.92. The van der Waals surface area contributed by atoms with E-state index in [2.05, 4.69) is 0 Å². The summed E-state index contributed by atoms with van der Waals surface area (Å²) in [6, 6.07) is 1.63. The van der Waals surface area contributed by atoms with E-state index in [1.54, 1.807) is 13.2 Å². The maximum Gasteiger partial charge on any atom is 0.214 e. The van der Waals surface area contributed by atoms with Gasteiger partial charge in [-0.15, -0.1) is 11.6 Å². The van der Waals surface area contributed by atoms with Crippen molar-refractivity contribution in [1.82, 2.24) is 0 Å². The van der Waals surface area contributed by atoms with Gasteiger partial charge in [0.15, 0.2) is 12.5 Å². The van der Waals surface area contributed by atoms with E-state index in [1.165, 1.54) is 6.20 Å². The Labute approximate surface area is 100 Å². The van der Waals surface area contributed by atoms with Gasteiger partial charge in [-0.05, 0) is 6.92 Å². The minimum Gasteiger partial charge on any atom is -0.618 e. The predicted molar refractivity (Wildman–Crippen MR) is 61.4 cm³/mol. The zero-order valence-electron chi connectivity index (χ0n) is 9.70. The molecule has 0 unspecified atom stereocenters. The van der Waals surface area contributed by atoms with E-state index in [-0.39, 0.29) is 12.2 Å². The van der Waals surface area contributed by atoms with Crippen LogP contribution >= 0.6 is 11.6 Å². The van der Waals surface area contributed by atoms with E-state index in [0.29, 0.717) is 11.4 Å². The highest BCUT2D eigenvalue weighted by Gasteiger charge is 2.16. The molecule has 0 aliphatic heterocycles. The molecule has 0 amide bonds. The van der Waals surface area contributed by atoms with Crippen molar-refractivity contribution in [3.63, 3.8) is 0 Å². The van der Waals surface area contributed by atoms with Crippen molar-refractivity contribution in [3.05, 3.63) is 28.7 Å². The molecule has 0 bridgehead atoms. The molecular weight excluding hydrogens is 230 g/mol. The number of alkyl halides is 1. The van der Waals surface area contributed by atoms with Crippen LogP contribution in [0.2, 0.25) is 0 Å². The van der Waals surface area contributed by atoms with Gasteiger partial charge in [-0.3, -0.25) is 0 Å². The number of halogens is 1. The number of hydrogen-bond donors (Lipinski definition) is 0. The topological polar surface area (TPSA) is 45.4 Å². The number of nitrogens with zero attached hydrogens (tertiary/aromatic N) is 1. The first-order chi connectivity index (χ1) is 7.63. The Morgan fingerprint density at radius 2 is 2.25 bits per heavy atom. The van der Waals surface area contributed by atoms with E-state index >= 15 is 0 Å². The first kappa shape index (κ1) is 13.1. The van der Waals surface area contributed by atoms with Gasteiger partial charge in [0.25, 0.3) is 0 Å². The summed E-state index contributed by atoms with van der Waals surface area (Å²) >= 11 is 5.71. The van der Waals surface area contributed by atoms with E-state index in [9.17, 15) is 5.21 Å². The van der Waals surface area contributed by atoms with Crippen molar-refractivity contribution in [1.29, 1.82) is 0 Å². The van der Waals surface area contributed by atoms with Crippen LogP contribution in [0.3, 0.4) is 0 Å². The molecule has 1 heterocycles. The summed E-state index contributed by atoms with van der Waals surface area (Å²) < 4.78 is 11.5. The van der Waals surface area contributed by atoms with E-state index < -0.39 is 0 Å². The Morgan fingerprint density at radius 1 is 1.56 bits per heavy atom. The van der Waals surface area contributed by atoms with Gasteiger partial charge in [-0.2, -0.15) is 4.73 Å². The lowest BCUT2D eigenvalue weighted by Gasteiger charge is -2.17. The monoisotopic (exact) mass is 245 g/mol. The van der Waals surface area contributed by atoms with Crippen molar-refractivity contribution in [2.75, 3.05) is 7.11 Å². The van der Waals surface area contributed by atoms with Crippen molar-refractivity contribution in [2.45, 2.75) is 32.4 Å². The summed E-state index contributed by atoms with van der Waals surface area (Å²) in [5.74, 6) is 0.799. The van der Waals surface area contributed by atoms with E-state index in [0.717, 1.165) is 16.7 Å². The maximum absolute atomic E-state index is 11.4. The maximum atomic E-state index is 11.4. The minimum absolute atomic E-state index is 0.163. The highest BCUT2D eigenvalue weighted by Crippen LogP contribution is 2.21. The third kappa shape index (κ3) is 2.77. The van der Waals surface area contributed by atoms with Crippen molar-refractivity contribution in [3.8, 4) is 5.75 Å². The number of aromatic nitrogens is 1. The Kier molecular flexibility index (Phi) is 4.83. The molecule has 4 nitrogen and oxygen atoms in total. The molecule has 0 aliphatic carbocycles. The molecule has 0 aliphatic rings. The van der Waals surface area contributed by atoms with Crippen molar-refractivity contribution < 1.29 is 14.2 Å². The van der Waals surface area contributed by atoms with Crippen LogP contribution in [0.25, 0.3) is 0 Å². The molecule has 90 valence electrons. The Morgan fingerprint density at radius 3 is 2.75 bits per heavy atom. The van der Waals surface area contributed by atoms with Crippen LogP contribution in [-0.4, -0.2) is 13.4 Å². The number of rotatable bonds is 5. The van der Waals surface area contributed by atoms with Gasteiger partial charge in [0.05, 0.1) is 5.56 Å². The summed E-state index contributed by atoms with van der Waals surface area (Å²) in [7, 11) is 1.59. The summed E-state index contributed by atoms with van der Waals surface area (Å²) in [6.07, 6.45) is 1.82. The third-order valence-electron chi connectivity index (χ3n) is 2.41. The number of hydrogen-bond acceptors (Lipinski definition) is 3. The highest BCUT2D eigenvalue weighted by atomic mass is 35.5. The number of ether oxygens (including phenoxy) is 2. The summed E-state index contributed by atoms with van der Waals surface area (Å²) in [6.45, 7) is 3.77. The van der Waals surface area contributed by atoms with Gasteiger partial charge in [0.1, 0.15) is 11.6 Å². The van der Waals surface area contributed by atoms with Crippen LogP contribution < -0.4 is 9.47 Å². The molecule has 0 N–H and O–H groups in total. The average molecular weight is 246 g/mol. The molecule has 5 heteroatoms. The molecule has 1 aromatic heterocycles. The fourth-order valence-corrected chi connectivity index (χ4v) is 1.70. The summed E-state index contributed by atoms with van der Waals surface area (Å²) in [4.78, 5) is 0. The summed E-state index contributed by atoms with van der Waals surface area (Å²) in [5, 5.41) is 11.4. The SMILES string of the molecule is CC[C@@H](OC)Oc1cc[n+]([O-])c(CCl)c1C. The number of pyridine rings is 1. The first-order valence-corrected chi connectivity index (χ1v) is 5.64. The molecular formula is C11H16ClNO3. The standard InChI is InChI=1S/C11H16ClNO3/c1-4-11(15-3)16-10-5-6-13(14)9(7-12)8(10)2/h5-6,11H,4,7H2,1-3H3/t11-/m0/s1. The average Bonchev–Trinajstić information content (AvgIpc) is 2.29. The molecule has 0 radical (unpaired) electrons. The van der Waals surface area contributed by atoms with Gasteiger partial charge in [-0.1, -0.05) is 6.92 Å². The van der Waals surface area contributed by atoms with Crippen LogP contribution in [0.5, 0.6) is 5.75 Å². The Bertz CT molecular complexity index is 353. The minimum atomic E-state index is -0.302. The summed E-state index contributed by atoms with van der Waals surface area (Å²) in [5.41, 5.74) is 1.26. The number of methoxy groups -OCH3 is 1. The largest absolute Gasteiger partial charge is 0.618 e.